The van der Waals surface area contributed by atoms with Crippen LogP contribution in [0.2, 0.25) is 0 Å². The predicted molar refractivity (Wildman–Crippen MR) is 40.2 cm³/mol. The van der Waals surface area contributed by atoms with Crippen LogP contribution in [0.5, 0.6) is 5.75 Å². The number of nitrogens with two attached hydrogens (primary N) is 1. The Morgan fingerprint density at radius 3 is 2.56 bits per heavy atom. The summed E-state index contributed by atoms with van der Waals surface area (Å²) in [4.78, 5) is 0. The second-order valence-electron chi connectivity index (χ2n) is 1.68. The number of phenolic OH excluding ortho intramolecular Hbond substituents is 1. The number of aromatic hydroxyl groups is 1. The van der Waals surface area contributed by atoms with Gasteiger partial charge in [-0.1, -0.05) is 6.07 Å². The molecule has 3 heteroatoms. The number of phenols is 1. The van der Waals surface area contributed by atoms with Gasteiger partial charge in [0, 0.05) is 5.69 Å². The lowest BCUT2D eigenvalue weighted by Gasteiger charge is -1.97. The van der Waals surface area contributed by atoms with Gasteiger partial charge in [-0.25, -0.2) is 0 Å². The molecule has 1 aromatic carbocycles. The monoisotopic (exact) mass is 187 g/mol. The largest absolute Gasteiger partial charge is 0.507 e. The number of halogens is 1. The second kappa shape index (κ2) is 2.27. The van der Waals surface area contributed by atoms with Crippen molar-refractivity contribution in [3.63, 3.8) is 0 Å². The van der Waals surface area contributed by atoms with E-state index in [1.54, 1.807) is 18.2 Å². The lowest BCUT2D eigenvalue weighted by molar-refractivity contribution is 0.472. The van der Waals surface area contributed by atoms with Crippen LogP contribution in [0.3, 0.4) is 0 Å². The predicted octanol–water partition coefficient (Wildman–Crippen LogP) is 1.74. The molecule has 0 aliphatic rings. The van der Waals surface area contributed by atoms with E-state index in [2.05, 4.69) is 15.9 Å². The molecular formula is C6H6BrNO. The van der Waals surface area contributed by atoms with E-state index in [-0.39, 0.29) is 5.75 Å². The van der Waals surface area contributed by atoms with Crippen molar-refractivity contribution < 1.29 is 5.11 Å². The van der Waals surface area contributed by atoms with Crippen LogP contribution in [-0.2, 0) is 0 Å². The average molecular weight is 188 g/mol. The summed E-state index contributed by atoms with van der Waals surface area (Å²) in [5.74, 6) is 0.176. The van der Waals surface area contributed by atoms with Crippen molar-refractivity contribution >= 4 is 21.6 Å². The molecule has 0 bridgehead atoms. The zero-order valence-electron chi connectivity index (χ0n) is 4.63. The Morgan fingerprint density at radius 1 is 1.44 bits per heavy atom. The second-order valence-corrected chi connectivity index (χ2v) is 2.47. The highest BCUT2D eigenvalue weighted by Gasteiger charge is 1.97. The summed E-state index contributed by atoms with van der Waals surface area (Å²) in [5, 5.41) is 8.97. The molecule has 0 amide bonds. The first-order valence-corrected chi connectivity index (χ1v) is 3.24. The Kier molecular flexibility index (Phi) is 1.62. The van der Waals surface area contributed by atoms with Gasteiger partial charge in [0.05, 0.1) is 4.47 Å². The molecule has 0 saturated carbocycles. The molecule has 1 aromatic rings. The fraction of sp³-hybridized carbons (Fsp3) is 0. The number of hydrogen-bond acceptors (Lipinski definition) is 2. The van der Waals surface area contributed by atoms with Crippen LogP contribution in [0.25, 0.3) is 0 Å². The van der Waals surface area contributed by atoms with Crippen molar-refractivity contribution in [3.05, 3.63) is 22.7 Å². The van der Waals surface area contributed by atoms with Gasteiger partial charge in [0.15, 0.2) is 0 Å². The highest BCUT2D eigenvalue weighted by molar-refractivity contribution is 9.10. The molecule has 0 atom stereocenters. The SMILES string of the molecule is Nc1cccc(O)c1Br. The minimum absolute atomic E-state index is 0.176. The van der Waals surface area contributed by atoms with E-state index in [9.17, 15) is 0 Å². The van der Waals surface area contributed by atoms with Crippen molar-refractivity contribution in [2.24, 2.45) is 0 Å². The number of hydrogen-bond donors (Lipinski definition) is 2. The summed E-state index contributed by atoms with van der Waals surface area (Å²) in [5.41, 5.74) is 5.96. The van der Waals surface area contributed by atoms with E-state index in [0.717, 1.165) is 0 Å². The molecule has 0 saturated heterocycles. The van der Waals surface area contributed by atoms with Crippen LogP contribution in [-0.4, -0.2) is 5.11 Å². The molecule has 0 fully saturated rings. The third-order valence-corrected chi connectivity index (χ3v) is 1.87. The van der Waals surface area contributed by atoms with E-state index in [1.807, 2.05) is 0 Å². The van der Waals surface area contributed by atoms with Gasteiger partial charge in [0.1, 0.15) is 5.75 Å². The summed E-state index contributed by atoms with van der Waals surface area (Å²) in [7, 11) is 0. The summed E-state index contributed by atoms with van der Waals surface area (Å²) < 4.78 is 0.560. The summed E-state index contributed by atoms with van der Waals surface area (Å²) in [6.07, 6.45) is 0. The van der Waals surface area contributed by atoms with Gasteiger partial charge in [-0.05, 0) is 28.1 Å². The number of anilines is 1. The van der Waals surface area contributed by atoms with E-state index in [4.69, 9.17) is 10.8 Å². The van der Waals surface area contributed by atoms with Crippen molar-refractivity contribution in [1.29, 1.82) is 0 Å². The van der Waals surface area contributed by atoms with E-state index in [0.29, 0.717) is 10.2 Å². The standard InChI is InChI=1S/C6H6BrNO/c7-6-4(8)2-1-3-5(6)9/h1-3,9H,8H2. The highest BCUT2D eigenvalue weighted by Crippen LogP contribution is 2.28. The van der Waals surface area contributed by atoms with E-state index >= 15 is 0 Å². The fourth-order valence-electron chi connectivity index (χ4n) is 0.537. The van der Waals surface area contributed by atoms with Crippen molar-refractivity contribution in [1.82, 2.24) is 0 Å². The molecule has 0 aromatic heterocycles. The van der Waals surface area contributed by atoms with Crippen LogP contribution < -0.4 is 5.73 Å². The Hall–Kier alpha value is -0.700. The normalized spacial score (nSPS) is 9.44. The maximum Gasteiger partial charge on any atom is 0.131 e. The van der Waals surface area contributed by atoms with E-state index in [1.165, 1.54) is 0 Å². The van der Waals surface area contributed by atoms with Crippen LogP contribution >= 0.6 is 15.9 Å². The van der Waals surface area contributed by atoms with Gasteiger partial charge in [-0.15, -0.1) is 0 Å². The topological polar surface area (TPSA) is 46.2 Å². The maximum atomic E-state index is 8.97. The van der Waals surface area contributed by atoms with Crippen LogP contribution in [0.4, 0.5) is 5.69 Å². The van der Waals surface area contributed by atoms with Crippen LogP contribution in [0, 0.1) is 0 Å². The summed E-state index contributed by atoms with van der Waals surface area (Å²) in [6, 6.07) is 4.97. The smallest absolute Gasteiger partial charge is 0.131 e. The first kappa shape index (κ1) is 6.42. The third kappa shape index (κ3) is 1.16. The lowest BCUT2D eigenvalue weighted by Crippen LogP contribution is -1.84. The van der Waals surface area contributed by atoms with E-state index < -0.39 is 0 Å². The van der Waals surface area contributed by atoms with Crippen molar-refractivity contribution in [2.45, 2.75) is 0 Å². The minimum Gasteiger partial charge on any atom is -0.507 e. The quantitative estimate of drug-likeness (QED) is 0.609. The minimum atomic E-state index is 0.176. The zero-order valence-corrected chi connectivity index (χ0v) is 6.22. The van der Waals surface area contributed by atoms with Gasteiger partial charge in [-0.3, -0.25) is 0 Å². The Labute approximate surface area is 61.4 Å². The van der Waals surface area contributed by atoms with Crippen LogP contribution in [0.15, 0.2) is 22.7 Å². The molecule has 2 nitrogen and oxygen atoms in total. The molecule has 0 aliphatic carbocycles. The van der Waals surface area contributed by atoms with Gasteiger partial charge < -0.3 is 10.8 Å². The maximum absolute atomic E-state index is 8.97. The molecule has 0 aliphatic heterocycles. The molecule has 0 radical (unpaired) electrons. The van der Waals surface area contributed by atoms with Crippen molar-refractivity contribution in [2.75, 3.05) is 5.73 Å². The fourth-order valence-corrected chi connectivity index (χ4v) is 0.801. The third-order valence-electron chi connectivity index (χ3n) is 1.01. The van der Waals surface area contributed by atoms with Gasteiger partial charge in [0.2, 0.25) is 0 Å². The molecule has 9 heavy (non-hydrogen) atoms. The molecule has 48 valence electrons. The molecule has 0 heterocycles. The Bertz CT molecular complexity index is 204. The van der Waals surface area contributed by atoms with Crippen LogP contribution in [0.1, 0.15) is 0 Å². The summed E-state index contributed by atoms with van der Waals surface area (Å²) >= 11 is 3.10. The Morgan fingerprint density at radius 2 is 2.11 bits per heavy atom. The number of rotatable bonds is 0. The number of benzene rings is 1. The van der Waals surface area contributed by atoms with Gasteiger partial charge >= 0.3 is 0 Å². The van der Waals surface area contributed by atoms with Crippen molar-refractivity contribution in [3.8, 4) is 5.75 Å². The number of nitrogen functional groups attached to an aromatic ring is 1. The molecule has 1 rings (SSSR count). The van der Waals surface area contributed by atoms with Gasteiger partial charge in [-0.2, -0.15) is 0 Å². The molecule has 0 unspecified atom stereocenters. The highest BCUT2D eigenvalue weighted by atomic mass is 79.9. The first-order chi connectivity index (χ1) is 4.22. The molecule has 0 spiro atoms. The van der Waals surface area contributed by atoms with Gasteiger partial charge in [0.25, 0.3) is 0 Å². The molecule has 3 N–H and O–H groups in total. The average Bonchev–Trinajstić information content (AvgIpc) is 1.83. The summed E-state index contributed by atoms with van der Waals surface area (Å²) in [6.45, 7) is 0. The first-order valence-electron chi connectivity index (χ1n) is 2.45. The zero-order chi connectivity index (χ0) is 6.85. The Balaban J connectivity index is 3.25. The lowest BCUT2D eigenvalue weighted by atomic mass is 10.3. The molecular weight excluding hydrogens is 182 g/mol.